The second kappa shape index (κ2) is 7.73. The van der Waals surface area contributed by atoms with E-state index in [0.717, 1.165) is 51.8 Å². The van der Waals surface area contributed by atoms with Crippen LogP contribution in [0.15, 0.2) is 12.7 Å². The number of ether oxygens (including phenoxy) is 1. The first kappa shape index (κ1) is 17.5. The Morgan fingerprint density at radius 3 is 2.81 bits per heavy atom. The van der Waals surface area contributed by atoms with Crippen LogP contribution in [0.5, 0.6) is 0 Å². The minimum Gasteiger partial charge on any atom is -0.378 e. The Morgan fingerprint density at radius 2 is 2.04 bits per heavy atom. The van der Waals surface area contributed by atoms with Gasteiger partial charge in [-0.15, -0.1) is 0 Å². The third kappa shape index (κ3) is 3.75. The van der Waals surface area contributed by atoms with Crippen LogP contribution in [0.4, 0.5) is 0 Å². The molecule has 3 atom stereocenters. The molecule has 3 fully saturated rings. The van der Waals surface area contributed by atoms with Crippen molar-refractivity contribution in [3.05, 3.63) is 12.7 Å². The van der Waals surface area contributed by atoms with Gasteiger partial charge in [-0.1, -0.05) is 6.42 Å². The Hall–Kier alpha value is -1.96. The van der Waals surface area contributed by atoms with E-state index in [2.05, 4.69) is 10.1 Å². The van der Waals surface area contributed by atoms with Crippen molar-refractivity contribution in [3.8, 4) is 0 Å². The average molecular weight is 361 g/mol. The molecule has 3 aliphatic heterocycles. The summed E-state index contributed by atoms with van der Waals surface area (Å²) >= 11 is 0. The molecule has 0 radical (unpaired) electrons. The van der Waals surface area contributed by atoms with Gasteiger partial charge in [0.25, 0.3) is 0 Å². The second-order valence-corrected chi connectivity index (χ2v) is 7.64. The van der Waals surface area contributed by atoms with Crippen LogP contribution in [-0.4, -0.2) is 74.8 Å². The van der Waals surface area contributed by atoms with Gasteiger partial charge in [0.15, 0.2) is 0 Å². The van der Waals surface area contributed by atoms with E-state index >= 15 is 0 Å². The van der Waals surface area contributed by atoms with Crippen LogP contribution >= 0.6 is 0 Å². The molecule has 8 nitrogen and oxygen atoms in total. The minimum atomic E-state index is 0.0702. The molecule has 3 aliphatic rings. The maximum atomic E-state index is 12.8. The number of carbonyl (C=O) groups excluding carboxylic acids is 2. The third-order valence-corrected chi connectivity index (χ3v) is 5.89. The molecule has 1 unspecified atom stereocenters. The van der Waals surface area contributed by atoms with Crippen molar-refractivity contribution in [2.24, 2.45) is 5.92 Å². The Bertz CT molecular complexity index is 629. The first-order valence-corrected chi connectivity index (χ1v) is 9.72. The molecular weight excluding hydrogens is 334 g/mol. The zero-order valence-corrected chi connectivity index (χ0v) is 15.1. The Kier molecular flexibility index (Phi) is 5.19. The lowest BCUT2D eigenvalue weighted by Gasteiger charge is -2.30. The van der Waals surface area contributed by atoms with E-state index in [-0.39, 0.29) is 30.5 Å². The van der Waals surface area contributed by atoms with E-state index in [9.17, 15) is 9.59 Å². The van der Waals surface area contributed by atoms with Gasteiger partial charge in [-0.25, -0.2) is 9.67 Å². The van der Waals surface area contributed by atoms with Crippen LogP contribution in [0, 0.1) is 5.92 Å². The highest BCUT2D eigenvalue weighted by Crippen LogP contribution is 2.31. The molecule has 1 aromatic heterocycles. The van der Waals surface area contributed by atoms with Crippen LogP contribution in [0.3, 0.4) is 0 Å². The molecule has 2 amide bonds. The smallest absolute Gasteiger partial charge is 0.244 e. The topological polar surface area (TPSA) is 80.6 Å². The molecule has 4 heterocycles. The number of carbonyl (C=O) groups is 2. The number of hydrogen-bond donors (Lipinski definition) is 0. The van der Waals surface area contributed by atoms with Gasteiger partial charge in [-0.3, -0.25) is 9.59 Å². The maximum Gasteiger partial charge on any atom is 0.244 e. The monoisotopic (exact) mass is 361 g/mol. The molecule has 4 rings (SSSR count). The minimum absolute atomic E-state index is 0.0702. The summed E-state index contributed by atoms with van der Waals surface area (Å²) in [6.45, 7) is 3.17. The molecule has 0 N–H and O–H groups in total. The summed E-state index contributed by atoms with van der Waals surface area (Å²) in [4.78, 5) is 33.4. The van der Waals surface area contributed by atoms with E-state index < -0.39 is 0 Å². The molecule has 0 aromatic carbocycles. The normalized spacial score (nSPS) is 28.8. The lowest BCUT2D eigenvalue weighted by molar-refractivity contribution is -0.136. The molecule has 0 saturated carbocycles. The summed E-state index contributed by atoms with van der Waals surface area (Å²) in [7, 11) is 0. The van der Waals surface area contributed by atoms with Gasteiger partial charge in [0.05, 0.1) is 18.6 Å². The number of hydrogen-bond acceptors (Lipinski definition) is 5. The highest BCUT2D eigenvalue weighted by atomic mass is 16.5. The maximum absolute atomic E-state index is 12.8. The van der Waals surface area contributed by atoms with Crippen molar-refractivity contribution in [2.75, 3.05) is 26.2 Å². The molecule has 3 saturated heterocycles. The molecule has 142 valence electrons. The van der Waals surface area contributed by atoms with Gasteiger partial charge in [-0.2, -0.15) is 5.10 Å². The van der Waals surface area contributed by atoms with Crippen LogP contribution in [-0.2, 0) is 20.9 Å². The summed E-state index contributed by atoms with van der Waals surface area (Å²) in [6.07, 6.45) is 8.83. The number of rotatable bonds is 4. The largest absolute Gasteiger partial charge is 0.378 e. The number of fused-ring (bicyclic) bond motifs is 1. The number of aromatic nitrogens is 3. The predicted molar refractivity (Wildman–Crippen MR) is 93.0 cm³/mol. The van der Waals surface area contributed by atoms with Gasteiger partial charge >= 0.3 is 0 Å². The van der Waals surface area contributed by atoms with Gasteiger partial charge in [0.2, 0.25) is 11.8 Å². The molecule has 1 aromatic rings. The van der Waals surface area contributed by atoms with Gasteiger partial charge in [0, 0.05) is 26.2 Å². The number of likely N-dealkylation sites (tertiary alicyclic amines) is 2. The third-order valence-electron chi connectivity index (χ3n) is 5.89. The van der Waals surface area contributed by atoms with Crippen LogP contribution in [0.2, 0.25) is 0 Å². The Balaban J connectivity index is 1.40. The second-order valence-electron chi connectivity index (χ2n) is 7.64. The summed E-state index contributed by atoms with van der Waals surface area (Å²) in [5.41, 5.74) is 0. The first-order valence-electron chi connectivity index (χ1n) is 9.72. The Labute approximate surface area is 153 Å². The fourth-order valence-electron chi connectivity index (χ4n) is 4.53. The van der Waals surface area contributed by atoms with Crippen LogP contribution in [0.1, 0.15) is 38.5 Å². The SMILES string of the molecule is O=C(CC1CCCO1)N1C[C@@H]2CCCCN(C(=O)Cn3cncn3)[C@@H]2C1. The fourth-order valence-corrected chi connectivity index (χ4v) is 4.53. The summed E-state index contributed by atoms with van der Waals surface area (Å²) in [6, 6.07) is 0.127. The molecule has 26 heavy (non-hydrogen) atoms. The highest BCUT2D eigenvalue weighted by Gasteiger charge is 2.41. The van der Waals surface area contributed by atoms with Crippen molar-refractivity contribution in [2.45, 2.75) is 57.2 Å². The number of amides is 2. The number of nitrogens with zero attached hydrogens (tertiary/aromatic N) is 5. The zero-order valence-electron chi connectivity index (χ0n) is 15.1. The van der Waals surface area contributed by atoms with Gasteiger partial charge in [0.1, 0.15) is 19.2 Å². The van der Waals surface area contributed by atoms with Crippen molar-refractivity contribution in [3.63, 3.8) is 0 Å². The summed E-state index contributed by atoms with van der Waals surface area (Å²) < 4.78 is 7.18. The highest BCUT2D eigenvalue weighted by molar-refractivity contribution is 5.78. The van der Waals surface area contributed by atoms with Crippen molar-refractivity contribution >= 4 is 11.8 Å². The van der Waals surface area contributed by atoms with Crippen molar-refractivity contribution in [1.29, 1.82) is 0 Å². The van der Waals surface area contributed by atoms with Crippen molar-refractivity contribution < 1.29 is 14.3 Å². The first-order chi connectivity index (χ1) is 12.7. The van der Waals surface area contributed by atoms with Gasteiger partial charge in [-0.05, 0) is 31.6 Å². The average Bonchev–Trinajstić information content (AvgIpc) is 3.36. The van der Waals surface area contributed by atoms with E-state index in [1.807, 2.05) is 9.80 Å². The van der Waals surface area contributed by atoms with E-state index in [1.165, 1.54) is 6.33 Å². The molecule has 0 spiro atoms. The summed E-state index contributed by atoms with van der Waals surface area (Å²) in [5, 5.41) is 4.04. The van der Waals surface area contributed by atoms with E-state index in [1.54, 1.807) is 11.0 Å². The fraction of sp³-hybridized carbons (Fsp3) is 0.778. The van der Waals surface area contributed by atoms with Crippen LogP contribution < -0.4 is 0 Å². The molecule has 0 aliphatic carbocycles. The summed E-state index contributed by atoms with van der Waals surface area (Å²) in [5.74, 6) is 0.625. The standard InChI is InChI=1S/C18H27N5O3/c24-17(8-15-5-3-7-26-15)21-9-14-4-1-2-6-23(16(14)10-21)18(25)11-22-13-19-12-20-22/h12-16H,1-11H2/t14-,15?,16+/m0/s1. The van der Waals surface area contributed by atoms with E-state index in [4.69, 9.17) is 4.74 Å². The molecule has 8 heteroatoms. The van der Waals surface area contributed by atoms with Crippen LogP contribution in [0.25, 0.3) is 0 Å². The van der Waals surface area contributed by atoms with Crippen molar-refractivity contribution in [1.82, 2.24) is 24.6 Å². The Morgan fingerprint density at radius 1 is 1.12 bits per heavy atom. The molecule has 0 bridgehead atoms. The molecular formula is C18H27N5O3. The quantitative estimate of drug-likeness (QED) is 0.788. The zero-order chi connectivity index (χ0) is 17.9. The van der Waals surface area contributed by atoms with Gasteiger partial charge < -0.3 is 14.5 Å². The van der Waals surface area contributed by atoms with E-state index in [0.29, 0.717) is 18.9 Å². The lowest BCUT2D eigenvalue weighted by atomic mass is 9.98. The predicted octanol–water partition coefficient (Wildman–Crippen LogP) is 0.687. The lowest BCUT2D eigenvalue weighted by Crippen LogP contribution is -2.46.